The lowest BCUT2D eigenvalue weighted by Gasteiger charge is -2.45. The maximum absolute atomic E-state index is 6.54. The Labute approximate surface area is 124 Å². The highest BCUT2D eigenvalue weighted by Gasteiger charge is 2.37. The van der Waals surface area contributed by atoms with Crippen molar-refractivity contribution < 1.29 is 0 Å². The van der Waals surface area contributed by atoms with Crippen LogP contribution in [0.3, 0.4) is 0 Å². The molecule has 0 aromatic carbocycles. The van der Waals surface area contributed by atoms with Crippen LogP contribution in [0.15, 0.2) is 0 Å². The summed E-state index contributed by atoms with van der Waals surface area (Å²) in [5.41, 5.74) is 6.88. The molecule has 3 heteroatoms. The SMILES string of the molecule is CC1(C)CCCC(CN2CCN(CC3CC3)CC2)C1N. The Morgan fingerprint density at radius 3 is 2.15 bits per heavy atom. The summed E-state index contributed by atoms with van der Waals surface area (Å²) in [6.07, 6.45) is 6.97. The number of nitrogens with two attached hydrogens (primary N) is 1. The van der Waals surface area contributed by atoms with Crippen LogP contribution in [0.25, 0.3) is 0 Å². The molecule has 20 heavy (non-hydrogen) atoms. The van der Waals surface area contributed by atoms with E-state index in [1.807, 2.05) is 0 Å². The predicted molar refractivity (Wildman–Crippen MR) is 84.7 cm³/mol. The lowest BCUT2D eigenvalue weighted by Crippen LogP contribution is -2.53. The quantitative estimate of drug-likeness (QED) is 0.856. The molecular weight excluding hydrogens is 246 g/mol. The first-order chi connectivity index (χ1) is 9.54. The van der Waals surface area contributed by atoms with Crippen molar-refractivity contribution in [1.29, 1.82) is 0 Å². The van der Waals surface area contributed by atoms with E-state index in [4.69, 9.17) is 5.73 Å². The van der Waals surface area contributed by atoms with Gasteiger partial charge in [0.05, 0.1) is 0 Å². The Balaban J connectivity index is 1.44. The van der Waals surface area contributed by atoms with Crippen molar-refractivity contribution in [3.05, 3.63) is 0 Å². The molecule has 3 fully saturated rings. The fraction of sp³-hybridized carbons (Fsp3) is 1.00. The molecule has 0 radical (unpaired) electrons. The molecule has 1 saturated heterocycles. The molecular formula is C17H33N3. The molecule has 2 atom stereocenters. The average molecular weight is 279 g/mol. The molecule has 0 aromatic rings. The zero-order chi connectivity index (χ0) is 14.2. The van der Waals surface area contributed by atoms with Crippen LogP contribution in [0.5, 0.6) is 0 Å². The third-order valence-electron chi connectivity index (χ3n) is 5.98. The second-order valence-corrected chi connectivity index (χ2v) is 8.21. The van der Waals surface area contributed by atoms with Gasteiger partial charge in [-0.05, 0) is 42.9 Å². The van der Waals surface area contributed by atoms with Gasteiger partial charge < -0.3 is 15.5 Å². The number of rotatable bonds is 4. The first kappa shape index (κ1) is 14.8. The van der Waals surface area contributed by atoms with Crippen LogP contribution in [0, 0.1) is 17.3 Å². The zero-order valence-corrected chi connectivity index (χ0v) is 13.5. The van der Waals surface area contributed by atoms with Gasteiger partial charge in [-0.2, -0.15) is 0 Å². The van der Waals surface area contributed by atoms with Crippen molar-refractivity contribution in [3.63, 3.8) is 0 Å². The van der Waals surface area contributed by atoms with Crippen molar-refractivity contribution in [1.82, 2.24) is 9.80 Å². The molecule has 3 nitrogen and oxygen atoms in total. The van der Waals surface area contributed by atoms with Crippen molar-refractivity contribution >= 4 is 0 Å². The second-order valence-electron chi connectivity index (χ2n) is 8.21. The van der Waals surface area contributed by atoms with Gasteiger partial charge in [-0.25, -0.2) is 0 Å². The highest BCUT2D eigenvalue weighted by atomic mass is 15.3. The van der Waals surface area contributed by atoms with Gasteiger partial charge in [0.15, 0.2) is 0 Å². The number of piperazine rings is 1. The molecule has 0 spiro atoms. The van der Waals surface area contributed by atoms with E-state index >= 15 is 0 Å². The van der Waals surface area contributed by atoms with Crippen molar-refractivity contribution in [2.75, 3.05) is 39.3 Å². The summed E-state index contributed by atoms with van der Waals surface area (Å²) in [7, 11) is 0. The largest absolute Gasteiger partial charge is 0.327 e. The Bertz CT molecular complexity index is 316. The van der Waals surface area contributed by atoms with Gasteiger partial charge in [0.25, 0.3) is 0 Å². The summed E-state index contributed by atoms with van der Waals surface area (Å²) in [4.78, 5) is 5.36. The van der Waals surface area contributed by atoms with Crippen LogP contribution < -0.4 is 5.73 Å². The molecule has 116 valence electrons. The van der Waals surface area contributed by atoms with Crippen LogP contribution in [0.2, 0.25) is 0 Å². The molecule has 1 heterocycles. The Hall–Kier alpha value is -0.120. The number of nitrogens with zero attached hydrogens (tertiary/aromatic N) is 2. The summed E-state index contributed by atoms with van der Waals surface area (Å²) >= 11 is 0. The maximum Gasteiger partial charge on any atom is 0.0131 e. The summed E-state index contributed by atoms with van der Waals surface area (Å²) < 4.78 is 0. The van der Waals surface area contributed by atoms with Crippen molar-refractivity contribution in [3.8, 4) is 0 Å². The van der Waals surface area contributed by atoms with E-state index in [0.717, 1.165) is 5.92 Å². The molecule has 2 N–H and O–H groups in total. The topological polar surface area (TPSA) is 32.5 Å². The minimum atomic E-state index is 0.344. The van der Waals surface area contributed by atoms with E-state index in [0.29, 0.717) is 17.4 Å². The van der Waals surface area contributed by atoms with Crippen LogP contribution in [0.1, 0.15) is 46.0 Å². The lowest BCUT2D eigenvalue weighted by molar-refractivity contribution is 0.0709. The van der Waals surface area contributed by atoms with Gasteiger partial charge in [-0.3, -0.25) is 0 Å². The third-order valence-corrected chi connectivity index (χ3v) is 5.98. The third kappa shape index (κ3) is 3.55. The number of hydrogen-bond acceptors (Lipinski definition) is 3. The van der Waals surface area contributed by atoms with Gasteiger partial charge in [0.1, 0.15) is 0 Å². The van der Waals surface area contributed by atoms with Gasteiger partial charge in [-0.15, -0.1) is 0 Å². The predicted octanol–water partition coefficient (Wildman–Crippen LogP) is 2.17. The molecule has 2 saturated carbocycles. The molecule has 3 aliphatic rings. The van der Waals surface area contributed by atoms with Gasteiger partial charge >= 0.3 is 0 Å². The minimum Gasteiger partial charge on any atom is -0.327 e. The first-order valence-corrected chi connectivity index (χ1v) is 8.75. The Kier molecular flexibility index (Phi) is 4.40. The van der Waals surface area contributed by atoms with E-state index in [-0.39, 0.29) is 0 Å². The molecule has 1 aliphatic heterocycles. The van der Waals surface area contributed by atoms with E-state index < -0.39 is 0 Å². The van der Waals surface area contributed by atoms with Gasteiger partial charge in [-0.1, -0.05) is 20.3 Å². The van der Waals surface area contributed by atoms with Crippen molar-refractivity contribution in [2.45, 2.75) is 52.0 Å². The fourth-order valence-corrected chi connectivity index (χ4v) is 4.16. The molecule has 0 aromatic heterocycles. The summed E-state index contributed by atoms with van der Waals surface area (Å²) in [6, 6.07) is 0.390. The summed E-state index contributed by atoms with van der Waals surface area (Å²) in [5, 5.41) is 0. The van der Waals surface area contributed by atoms with E-state index in [2.05, 4.69) is 23.6 Å². The smallest absolute Gasteiger partial charge is 0.0131 e. The summed E-state index contributed by atoms with van der Waals surface area (Å²) in [6.45, 7) is 12.4. The zero-order valence-electron chi connectivity index (χ0n) is 13.5. The van der Waals surface area contributed by atoms with E-state index in [1.54, 1.807) is 0 Å². The molecule has 2 aliphatic carbocycles. The molecule has 2 unspecified atom stereocenters. The fourth-order valence-electron chi connectivity index (χ4n) is 4.16. The highest BCUT2D eigenvalue weighted by molar-refractivity contribution is 4.93. The van der Waals surface area contributed by atoms with Crippen LogP contribution in [0.4, 0.5) is 0 Å². The van der Waals surface area contributed by atoms with Gasteiger partial charge in [0, 0.05) is 45.3 Å². The minimum absolute atomic E-state index is 0.344. The second kappa shape index (κ2) is 5.94. The maximum atomic E-state index is 6.54. The average Bonchev–Trinajstić information content (AvgIpc) is 3.21. The lowest BCUT2D eigenvalue weighted by atomic mass is 9.68. The van der Waals surface area contributed by atoms with E-state index in [1.165, 1.54) is 71.4 Å². The van der Waals surface area contributed by atoms with Gasteiger partial charge in [0.2, 0.25) is 0 Å². The molecule has 0 bridgehead atoms. The van der Waals surface area contributed by atoms with E-state index in [9.17, 15) is 0 Å². The van der Waals surface area contributed by atoms with Crippen molar-refractivity contribution in [2.24, 2.45) is 23.0 Å². The standard InChI is InChI=1S/C17H33N3/c1-17(2)7-3-4-15(16(17)18)13-20-10-8-19(9-11-20)12-14-5-6-14/h14-16H,3-13,18H2,1-2H3. The van der Waals surface area contributed by atoms with Crippen LogP contribution in [-0.2, 0) is 0 Å². The van der Waals surface area contributed by atoms with Crippen LogP contribution >= 0.6 is 0 Å². The Morgan fingerprint density at radius 1 is 0.950 bits per heavy atom. The molecule has 0 amide bonds. The Morgan fingerprint density at radius 2 is 1.55 bits per heavy atom. The monoisotopic (exact) mass is 279 g/mol. The normalized spacial score (nSPS) is 36.1. The first-order valence-electron chi connectivity index (χ1n) is 8.75. The summed E-state index contributed by atoms with van der Waals surface area (Å²) in [5.74, 6) is 1.75. The number of hydrogen-bond donors (Lipinski definition) is 1. The van der Waals surface area contributed by atoms with Crippen LogP contribution in [-0.4, -0.2) is 55.1 Å². The molecule has 3 rings (SSSR count). The highest BCUT2D eigenvalue weighted by Crippen LogP contribution is 2.38.